The van der Waals surface area contributed by atoms with E-state index in [9.17, 15) is 39.6 Å². The van der Waals surface area contributed by atoms with Gasteiger partial charge in [0.05, 0.1) is 11.6 Å². The van der Waals surface area contributed by atoms with Crippen LogP contribution in [0.25, 0.3) is 5.76 Å². The molecular formula is C29H29N3O8. The van der Waals surface area contributed by atoms with Gasteiger partial charge in [0.1, 0.15) is 22.8 Å². The number of phenolic OH excluding ortho intramolecular Hbond substituents is 1. The van der Waals surface area contributed by atoms with Crippen molar-refractivity contribution in [1.82, 2.24) is 9.88 Å². The average Bonchev–Trinajstić information content (AvgIpc) is 2.90. The number of carbonyl (C=O) groups excluding carboxylic acids is 4. The number of nitrogens with two attached hydrogens (primary N) is 1. The number of amides is 1. The number of aliphatic hydroxyl groups excluding tert-OH is 2. The lowest BCUT2D eigenvalue weighted by Crippen LogP contribution is -2.65. The van der Waals surface area contributed by atoms with Crippen molar-refractivity contribution < 1.29 is 39.6 Å². The predicted octanol–water partition coefficient (Wildman–Crippen LogP) is 1.17. The topological polar surface area (TPSA) is 191 Å². The molecule has 0 aliphatic heterocycles. The number of carbonyl (C=O) groups is 4. The molecule has 0 radical (unpaired) electrons. The van der Waals surface area contributed by atoms with Crippen LogP contribution in [-0.2, 0) is 27.2 Å². The van der Waals surface area contributed by atoms with Gasteiger partial charge in [-0.15, -0.1) is 0 Å². The summed E-state index contributed by atoms with van der Waals surface area (Å²) < 4.78 is 0. The molecule has 1 aromatic carbocycles. The molecule has 1 amide bonds. The van der Waals surface area contributed by atoms with Crippen molar-refractivity contribution in [1.29, 1.82) is 0 Å². The summed E-state index contributed by atoms with van der Waals surface area (Å²) in [6, 6.07) is 5.19. The minimum absolute atomic E-state index is 0.00242. The maximum Gasteiger partial charge on any atom is 0.255 e. The zero-order valence-corrected chi connectivity index (χ0v) is 21.9. The second-order valence-electron chi connectivity index (χ2n) is 10.7. The molecule has 1 aromatic heterocycles. The minimum atomic E-state index is -2.69. The van der Waals surface area contributed by atoms with Crippen LogP contribution in [-0.4, -0.2) is 79.3 Å². The van der Waals surface area contributed by atoms with Crippen LogP contribution in [0.4, 0.5) is 0 Å². The number of aromatic nitrogens is 1. The van der Waals surface area contributed by atoms with E-state index < -0.39 is 58.0 Å². The highest BCUT2D eigenvalue weighted by atomic mass is 16.3. The van der Waals surface area contributed by atoms with Crippen LogP contribution in [0.3, 0.4) is 0 Å². The van der Waals surface area contributed by atoms with Gasteiger partial charge in [-0.2, -0.15) is 0 Å². The van der Waals surface area contributed by atoms with E-state index >= 15 is 0 Å². The third-order valence-electron chi connectivity index (χ3n) is 8.31. The molecule has 1 saturated carbocycles. The lowest BCUT2D eigenvalue weighted by molar-refractivity contribution is -0.153. The van der Waals surface area contributed by atoms with Crippen molar-refractivity contribution >= 4 is 29.0 Å². The number of hydrogen-bond acceptors (Lipinski definition) is 10. The number of aliphatic hydroxyl groups is 3. The Hall–Kier alpha value is -4.35. The van der Waals surface area contributed by atoms with Crippen LogP contribution in [0.2, 0.25) is 0 Å². The highest BCUT2D eigenvalue weighted by Crippen LogP contribution is 2.53. The molecule has 40 heavy (non-hydrogen) atoms. The van der Waals surface area contributed by atoms with Gasteiger partial charge in [-0.3, -0.25) is 29.1 Å². The normalized spacial score (nSPS) is 25.9. The van der Waals surface area contributed by atoms with E-state index in [1.807, 2.05) is 0 Å². The van der Waals surface area contributed by atoms with Crippen LogP contribution in [0.1, 0.15) is 39.9 Å². The van der Waals surface area contributed by atoms with E-state index in [1.54, 1.807) is 38.5 Å². The second-order valence-corrected chi connectivity index (χ2v) is 10.7. The number of primary amides is 1. The average molecular weight is 548 g/mol. The van der Waals surface area contributed by atoms with Crippen molar-refractivity contribution in [3.8, 4) is 5.75 Å². The molecule has 0 saturated heterocycles. The van der Waals surface area contributed by atoms with Crippen molar-refractivity contribution in [2.75, 3.05) is 14.1 Å². The smallest absolute Gasteiger partial charge is 0.255 e. The molecule has 2 aromatic rings. The zero-order valence-electron chi connectivity index (χ0n) is 21.9. The van der Waals surface area contributed by atoms with Crippen LogP contribution in [0.5, 0.6) is 5.75 Å². The first-order chi connectivity index (χ1) is 18.9. The maximum absolute atomic E-state index is 13.9. The number of hydrogen-bond donors (Lipinski definition) is 5. The summed E-state index contributed by atoms with van der Waals surface area (Å²) in [7, 11) is 3.09. The van der Waals surface area contributed by atoms with Crippen LogP contribution in [0, 0.1) is 11.8 Å². The van der Waals surface area contributed by atoms with E-state index in [0.717, 1.165) is 0 Å². The van der Waals surface area contributed by atoms with Gasteiger partial charge < -0.3 is 26.2 Å². The van der Waals surface area contributed by atoms with E-state index in [4.69, 9.17) is 5.73 Å². The quantitative estimate of drug-likeness (QED) is 0.259. The number of benzene rings is 1. The summed E-state index contributed by atoms with van der Waals surface area (Å²) in [5, 5.41) is 44.6. The largest absolute Gasteiger partial charge is 0.508 e. The number of nitrogens with zero attached hydrogens (tertiary/aromatic N) is 2. The molecule has 1 fully saturated rings. The highest BCUT2D eigenvalue weighted by Gasteiger charge is 2.64. The van der Waals surface area contributed by atoms with Crippen LogP contribution in [0.15, 0.2) is 53.6 Å². The number of fused-ring (bicyclic) bond motifs is 3. The van der Waals surface area contributed by atoms with Gasteiger partial charge in [0.15, 0.2) is 17.2 Å². The molecule has 1 heterocycles. The van der Waals surface area contributed by atoms with Gasteiger partial charge in [0.25, 0.3) is 5.91 Å². The molecule has 0 unspecified atom stereocenters. The Morgan fingerprint density at radius 3 is 2.50 bits per heavy atom. The van der Waals surface area contributed by atoms with Crippen LogP contribution >= 0.6 is 0 Å². The lowest BCUT2D eigenvalue weighted by atomic mass is 9.57. The Labute approximate surface area is 229 Å². The number of phenols is 1. The van der Waals surface area contributed by atoms with Gasteiger partial charge in [-0.1, -0.05) is 6.07 Å². The first-order valence-corrected chi connectivity index (χ1v) is 12.8. The van der Waals surface area contributed by atoms with Crippen molar-refractivity contribution in [3.05, 3.63) is 75.8 Å². The number of aryl methyl sites for hydroxylation is 1. The number of rotatable bonds is 6. The second kappa shape index (κ2) is 9.68. The summed E-state index contributed by atoms with van der Waals surface area (Å²) in [6.45, 7) is 0. The molecule has 3 aliphatic rings. The summed E-state index contributed by atoms with van der Waals surface area (Å²) in [5.41, 5.74) is 3.27. The van der Waals surface area contributed by atoms with Gasteiger partial charge in [0, 0.05) is 35.9 Å². The maximum atomic E-state index is 13.9. The third kappa shape index (κ3) is 3.92. The third-order valence-corrected chi connectivity index (χ3v) is 8.31. The van der Waals surface area contributed by atoms with Crippen molar-refractivity contribution in [2.24, 2.45) is 17.6 Å². The molecule has 0 bridgehead atoms. The first-order valence-electron chi connectivity index (χ1n) is 12.8. The molecule has 6 N–H and O–H groups in total. The first kappa shape index (κ1) is 27.2. The SMILES string of the molecule is CN(C)[C@H]1C(=O)C(C(N)=O)=C(O)[C@]2(O)C(=O)C3=C(O)c4c(O)ccc(CCC(=O)c5cccnc5)c4C[C@@H]3C[C@@H]12. The Kier molecular flexibility index (Phi) is 6.59. The Balaban J connectivity index is 1.59. The molecule has 11 heteroatoms. The highest BCUT2D eigenvalue weighted by molar-refractivity contribution is 6.24. The van der Waals surface area contributed by atoms with E-state index in [2.05, 4.69) is 4.98 Å². The van der Waals surface area contributed by atoms with E-state index in [1.165, 1.54) is 17.2 Å². The summed E-state index contributed by atoms with van der Waals surface area (Å²) in [4.78, 5) is 57.3. The molecule has 11 nitrogen and oxygen atoms in total. The lowest BCUT2D eigenvalue weighted by Gasteiger charge is -2.50. The standard InChI is InChI=1S/C29H29N3O8/c1-32(2)23-17-11-15-10-16-13(5-7-18(33)14-4-3-9-31-12-14)6-8-19(34)21(16)24(35)20(15)26(37)29(17,40)27(38)22(25(23)36)28(30)39/h3-4,6,8-9,12,15,17,23,34-35,38,40H,5,7,10-11H2,1-2H3,(H2,30,39)/t15-,17+,23-,29-/m1/s1. The zero-order chi connectivity index (χ0) is 29.1. The fourth-order valence-electron chi connectivity index (χ4n) is 6.46. The van der Waals surface area contributed by atoms with E-state index in [0.29, 0.717) is 16.7 Å². The van der Waals surface area contributed by atoms with Crippen LogP contribution < -0.4 is 5.73 Å². The Morgan fingerprint density at radius 1 is 1.15 bits per heavy atom. The van der Waals surface area contributed by atoms with Gasteiger partial charge >= 0.3 is 0 Å². The monoisotopic (exact) mass is 547 g/mol. The minimum Gasteiger partial charge on any atom is -0.508 e. The van der Waals surface area contributed by atoms with E-state index in [-0.39, 0.29) is 48.4 Å². The summed E-state index contributed by atoms with van der Waals surface area (Å²) in [5.74, 6) is -7.12. The fourth-order valence-corrected chi connectivity index (χ4v) is 6.46. The van der Waals surface area contributed by atoms with Crippen molar-refractivity contribution in [2.45, 2.75) is 37.3 Å². The molecule has 5 rings (SSSR count). The summed E-state index contributed by atoms with van der Waals surface area (Å²) in [6.07, 6.45) is 3.63. The number of Topliss-reactive ketones (excluding diaryl/α,β-unsaturated/α-hetero) is 3. The van der Waals surface area contributed by atoms with Crippen molar-refractivity contribution in [3.63, 3.8) is 0 Å². The number of ketones is 3. The number of aromatic hydroxyl groups is 1. The molecule has 4 atom stereocenters. The number of pyridine rings is 1. The van der Waals surface area contributed by atoms with Gasteiger partial charge in [-0.25, -0.2) is 0 Å². The molecular weight excluding hydrogens is 518 g/mol. The Morgan fingerprint density at radius 2 is 1.88 bits per heavy atom. The van der Waals surface area contributed by atoms with Gasteiger partial charge in [0.2, 0.25) is 5.78 Å². The Bertz CT molecular complexity index is 1530. The fraction of sp³-hybridized carbons (Fsp3) is 0.345. The molecule has 3 aliphatic carbocycles. The predicted molar refractivity (Wildman–Crippen MR) is 141 cm³/mol. The molecule has 208 valence electrons. The summed E-state index contributed by atoms with van der Waals surface area (Å²) >= 11 is 0. The van der Waals surface area contributed by atoms with Gasteiger partial charge in [-0.05, 0) is 68.6 Å². The number of likely N-dealkylation sites (N-methyl/N-ethyl adjacent to an activating group) is 1. The molecule has 0 spiro atoms.